The molecule has 0 bridgehead atoms. The molecule has 6 nitrogen and oxygen atoms in total. The molecule has 1 aromatic heterocycles. The van der Waals surface area contributed by atoms with Crippen LogP contribution >= 0.6 is 47.8 Å². The van der Waals surface area contributed by atoms with Gasteiger partial charge in [-0.3, -0.25) is 9.89 Å². The highest BCUT2D eigenvalue weighted by Gasteiger charge is 2.19. The standard InChI is InChI=1S/C15H15Br3N4O2/c1-15(2,3)11-5-10(20-21-11)14(24)22-19-6-7-8(16)4-9(17)13(23)12(7)18/h4-6,23H,1-3H3,(H,20,21)(H,22,24)/b19-6+. The molecule has 128 valence electrons. The third-order valence-electron chi connectivity index (χ3n) is 3.16. The van der Waals surface area contributed by atoms with Crippen LogP contribution in [0.4, 0.5) is 0 Å². The number of aromatic amines is 1. The Morgan fingerprint density at radius 1 is 1.29 bits per heavy atom. The van der Waals surface area contributed by atoms with Crippen molar-refractivity contribution in [2.45, 2.75) is 26.2 Å². The van der Waals surface area contributed by atoms with E-state index in [1.54, 1.807) is 12.1 Å². The molecule has 0 aliphatic rings. The van der Waals surface area contributed by atoms with Crippen LogP contribution in [0.2, 0.25) is 0 Å². The number of rotatable bonds is 3. The van der Waals surface area contributed by atoms with Crippen LogP contribution in [-0.4, -0.2) is 27.4 Å². The number of hydrogen-bond donors (Lipinski definition) is 3. The number of nitrogens with one attached hydrogen (secondary N) is 2. The van der Waals surface area contributed by atoms with Gasteiger partial charge < -0.3 is 5.11 Å². The lowest BCUT2D eigenvalue weighted by Crippen LogP contribution is -2.18. The summed E-state index contributed by atoms with van der Waals surface area (Å²) in [4.78, 5) is 12.1. The van der Waals surface area contributed by atoms with E-state index in [4.69, 9.17) is 0 Å². The number of aromatic hydroxyl groups is 1. The van der Waals surface area contributed by atoms with Crippen molar-refractivity contribution in [3.63, 3.8) is 0 Å². The Kier molecular flexibility index (Phi) is 5.87. The van der Waals surface area contributed by atoms with Crippen molar-refractivity contribution >= 4 is 59.9 Å². The molecule has 3 N–H and O–H groups in total. The van der Waals surface area contributed by atoms with Gasteiger partial charge in [-0.2, -0.15) is 10.2 Å². The summed E-state index contributed by atoms with van der Waals surface area (Å²) in [6, 6.07) is 3.38. The van der Waals surface area contributed by atoms with Gasteiger partial charge in [-0.15, -0.1) is 0 Å². The number of carbonyl (C=O) groups excluding carboxylic acids is 1. The molecule has 0 atom stereocenters. The normalized spacial score (nSPS) is 11.9. The number of hydrogen-bond acceptors (Lipinski definition) is 4. The first kappa shape index (κ1) is 19.1. The molecule has 2 rings (SSSR count). The Balaban J connectivity index is 2.14. The van der Waals surface area contributed by atoms with Gasteiger partial charge in [-0.25, -0.2) is 5.43 Å². The maximum atomic E-state index is 12.1. The Morgan fingerprint density at radius 3 is 2.54 bits per heavy atom. The summed E-state index contributed by atoms with van der Waals surface area (Å²) in [5.74, 6) is -0.375. The van der Waals surface area contributed by atoms with Crippen LogP contribution in [0.15, 0.2) is 30.7 Å². The second kappa shape index (κ2) is 7.37. The molecule has 2 aromatic rings. The van der Waals surface area contributed by atoms with E-state index in [0.29, 0.717) is 19.0 Å². The molecule has 0 saturated carbocycles. The number of aromatic nitrogens is 2. The predicted molar refractivity (Wildman–Crippen MR) is 104 cm³/mol. The number of carbonyl (C=O) groups is 1. The zero-order valence-corrected chi connectivity index (χ0v) is 17.9. The van der Waals surface area contributed by atoms with E-state index in [2.05, 4.69) is 68.5 Å². The summed E-state index contributed by atoms with van der Waals surface area (Å²) < 4.78 is 1.69. The fourth-order valence-corrected chi connectivity index (χ4v) is 4.07. The molecule has 0 saturated heterocycles. The topological polar surface area (TPSA) is 90.4 Å². The zero-order chi connectivity index (χ0) is 18.1. The molecule has 0 aliphatic heterocycles. The first-order valence-corrected chi connectivity index (χ1v) is 9.25. The predicted octanol–water partition coefficient (Wildman–Crippen LogP) is 4.46. The molecule has 0 spiro atoms. The average Bonchev–Trinajstić information content (AvgIpc) is 2.98. The third kappa shape index (κ3) is 4.25. The largest absolute Gasteiger partial charge is 0.506 e. The third-order valence-corrected chi connectivity index (χ3v) is 5.22. The maximum Gasteiger partial charge on any atom is 0.291 e. The van der Waals surface area contributed by atoms with E-state index >= 15 is 0 Å². The van der Waals surface area contributed by atoms with Gasteiger partial charge in [0.05, 0.1) is 15.2 Å². The van der Waals surface area contributed by atoms with Crippen LogP contribution in [0.1, 0.15) is 42.5 Å². The second-order valence-corrected chi connectivity index (χ2v) is 8.53. The quantitative estimate of drug-likeness (QED) is 0.410. The van der Waals surface area contributed by atoms with Gasteiger partial charge >= 0.3 is 0 Å². The van der Waals surface area contributed by atoms with Crippen molar-refractivity contribution < 1.29 is 9.90 Å². The van der Waals surface area contributed by atoms with Crippen LogP contribution in [0.5, 0.6) is 5.75 Å². The lowest BCUT2D eigenvalue weighted by molar-refractivity contribution is 0.0950. The molecule has 0 unspecified atom stereocenters. The minimum atomic E-state index is -0.424. The summed E-state index contributed by atoms with van der Waals surface area (Å²) in [6.07, 6.45) is 1.43. The number of nitrogens with zero attached hydrogens (tertiary/aromatic N) is 2. The first-order valence-electron chi connectivity index (χ1n) is 6.87. The van der Waals surface area contributed by atoms with E-state index in [0.717, 1.165) is 5.69 Å². The van der Waals surface area contributed by atoms with E-state index in [1.165, 1.54) is 6.21 Å². The molecular formula is C15H15Br3N4O2. The fraction of sp³-hybridized carbons (Fsp3) is 0.267. The fourth-order valence-electron chi connectivity index (χ4n) is 1.75. The maximum absolute atomic E-state index is 12.1. The van der Waals surface area contributed by atoms with Crippen LogP contribution in [0.3, 0.4) is 0 Å². The van der Waals surface area contributed by atoms with E-state index in [-0.39, 0.29) is 16.9 Å². The summed E-state index contributed by atoms with van der Waals surface area (Å²) in [5.41, 5.74) is 4.00. The van der Waals surface area contributed by atoms with Crippen molar-refractivity contribution in [3.05, 3.63) is 42.5 Å². The molecule has 1 aromatic carbocycles. The summed E-state index contributed by atoms with van der Waals surface area (Å²) >= 11 is 9.90. The van der Waals surface area contributed by atoms with Gasteiger partial charge in [0.15, 0.2) is 5.69 Å². The molecular weight excluding hydrogens is 508 g/mol. The second-order valence-electron chi connectivity index (χ2n) is 6.03. The summed E-state index contributed by atoms with van der Waals surface area (Å²) in [5, 5.41) is 20.7. The number of phenols is 1. The minimum Gasteiger partial charge on any atom is -0.506 e. The van der Waals surface area contributed by atoms with Gasteiger partial charge in [0.25, 0.3) is 5.91 Å². The average molecular weight is 523 g/mol. The van der Waals surface area contributed by atoms with Crippen molar-refractivity contribution in [1.82, 2.24) is 15.6 Å². The highest BCUT2D eigenvalue weighted by Crippen LogP contribution is 2.38. The van der Waals surface area contributed by atoms with Crippen LogP contribution in [0, 0.1) is 0 Å². The lowest BCUT2D eigenvalue weighted by Gasteiger charge is -2.14. The molecule has 0 aliphatic carbocycles. The molecule has 24 heavy (non-hydrogen) atoms. The van der Waals surface area contributed by atoms with E-state index in [9.17, 15) is 9.90 Å². The Morgan fingerprint density at radius 2 is 1.96 bits per heavy atom. The van der Waals surface area contributed by atoms with E-state index in [1.807, 2.05) is 20.8 Å². The monoisotopic (exact) mass is 520 g/mol. The van der Waals surface area contributed by atoms with Crippen molar-refractivity contribution in [1.29, 1.82) is 0 Å². The van der Waals surface area contributed by atoms with Gasteiger partial charge in [-0.05, 0) is 44.0 Å². The number of hydrazone groups is 1. The van der Waals surface area contributed by atoms with Crippen molar-refractivity contribution in [3.8, 4) is 5.75 Å². The Bertz CT molecular complexity index is 810. The van der Waals surface area contributed by atoms with Crippen LogP contribution in [0.25, 0.3) is 0 Å². The highest BCUT2D eigenvalue weighted by atomic mass is 79.9. The smallest absolute Gasteiger partial charge is 0.291 e. The van der Waals surface area contributed by atoms with Crippen molar-refractivity contribution in [2.24, 2.45) is 5.10 Å². The molecule has 9 heteroatoms. The molecule has 0 radical (unpaired) electrons. The van der Waals surface area contributed by atoms with E-state index < -0.39 is 5.91 Å². The SMILES string of the molecule is CC(C)(C)c1cc(C(=O)N/N=C/c2c(Br)cc(Br)c(O)c2Br)n[nH]1. The number of amides is 1. The van der Waals surface area contributed by atoms with Crippen LogP contribution in [-0.2, 0) is 5.41 Å². The zero-order valence-electron chi connectivity index (χ0n) is 13.1. The molecule has 0 fully saturated rings. The van der Waals surface area contributed by atoms with Gasteiger partial charge in [0.1, 0.15) is 5.75 Å². The minimum absolute atomic E-state index is 0.0492. The highest BCUT2D eigenvalue weighted by molar-refractivity contribution is 9.11. The molecule has 1 amide bonds. The number of benzene rings is 1. The van der Waals surface area contributed by atoms with Gasteiger partial charge in [-0.1, -0.05) is 36.7 Å². The Hall–Kier alpha value is -1.19. The molecule has 1 heterocycles. The van der Waals surface area contributed by atoms with Gasteiger partial charge in [0.2, 0.25) is 0 Å². The van der Waals surface area contributed by atoms with Crippen LogP contribution < -0.4 is 5.43 Å². The number of halogens is 3. The lowest BCUT2D eigenvalue weighted by atomic mass is 9.92. The van der Waals surface area contributed by atoms with Crippen molar-refractivity contribution in [2.75, 3.05) is 0 Å². The van der Waals surface area contributed by atoms with Gasteiger partial charge in [0, 0.05) is 21.1 Å². The summed E-state index contributed by atoms with van der Waals surface area (Å²) in [6.45, 7) is 6.07. The first-order chi connectivity index (χ1) is 11.1. The number of H-pyrrole nitrogens is 1. The number of phenolic OH excluding ortho intramolecular Hbond substituents is 1. The summed E-state index contributed by atoms with van der Waals surface area (Å²) in [7, 11) is 0. The Labute approximate surface area is 164 Å².